The van der Waals surface area contributed by atoms with E-state index in [0.29, 0.717) is 10.5 Å². The molecule has 0 aliphatic heterocycles. The van der Waals surface area contributed by atoms with E-state index in [1.807, 2.05) is 0 Å². The highest BCUT2D eigenvalue weighted by Gasteiger charge is 1.77. The minimum absolute atomic E-state index is 0.195. The van der Waals surface area contributed by atoms with Crippen LogP contribution >= 0.6 is 0 Å². The van der Waals surface area contributed by atoms with Crippen LogP contribution in [0.15, 0.2) is 0 Å². The molecule has 0 heterocycles. The number of hydrogen-bond acceptors (Lipinski definition) is 3. The molecule has 0 saturated heterocycles. The third-order valence-corrected chi connectivity index (χ3v) is 0.566. The lowest BCUT2D eigenvalue weighted by atomic mass is 10.3. The molecule has 8 heavy (non-hydrogen) atoms. The maximum absolute atomic E-state index is 8.09. The molecule has 4 heteroatoms. The highest BCUT2D eigenvalue weighted by Crippen LogP contribution is 1.80. The van der Waals surface area contributed by atoms with Crippen LogP contribution in [-0.2, 0) is 0 Å². The summed E-state index contributed by atoms with van der Waals surface area (Å²) in [6.45, 7) is 0.390. The highest BCUT2D eigenvalue weighted by atomic mass is 28.2. The van der Waals surface area contributed by atoms with E-state index in [9.17, 15) is 0 Å². The SMILES string of the molecule is OCCCCO.O[SiH3]. The van der Waals surface area contributed by atoms with E-state index in [2.05, 4.69) is 0 Å². The van der Waals surface area contributed by atoms with Crippen LogP contribution in [0, 0.1) is 0 Å². The van der Waals surface area contributed by atoms with Crippen LogP contribution in [0.25, 0.3) is 0 Å². The molecule has 0 aliphatic carbocycles. The molecule has 3 N–H and O–H groups in total. The molecular weight excluding hydrogens is 124 g/mol. The molecule has 0 atom stereocenters. The quantitative estimate of drug-likeness (QED) is 0.312. The standard InChI is InChI=1S/C4H10O2.H4OSi/c5-3-1-2-4-6;1-2/h5-6H,1-4H2;1H,2H3. The minimum atomic E-state index is 0.195. The summed E-state index contributed by atoms with van der Waals surface area (Å²) >= 11 is 0. The summed E-state index contributed by atoms with van der Waals surface area (Å²) in [7, 11) is 0.306. The lowest BCUT2D eigenvalue weighted by molar-refractivity contribution is 0.242. The third kappa shape index (κ3) is 16.5. The normalized spacial score (nSPS) is 7.88. The number of aliphatic hydroxyl groups is 2. The van der Waals surface area contributed by atoms with Crippen LogP contribution in [0.2, 0.25) is 0 Å². The van der Waals surface area contributed by atoms with Crippen LogP contribution in [0.5, 0.6) is 0 Å². The van der Waals surface area contributed by atoms with Crippen LogP contribution in [0.4, 0.5) is 0 Å². The molecule has 0 amide bonds. The largest absolute Gasteiger partial charge is 0.442 e. The van der Waals surface area contributed by atoms with Gasteiger partial charge in [-0.3, -0.25) is 0 Å². The van der Waals surface area contributed by atoms with Gasteiger partial charge in [-0.15, -0.1) is 0 Å². The van der Waals surface area contributed by atoms with Crippen molar-refractivity contribution in [1.82, 2.24) is 0 Å². The molecule has 52 valence electrons. The van der Waals surface area contributed by atoms with Gasteiger partial charge >= 0.3 is 0 Å². The fourth-order valence-electron chi connectivity index (χ4n) is 0.224. The zero-order chi connectivity index (χ0) is 6.83. The fraction of sp³-hybridized carbons (Fsp3) is 1.00. The Morgan fingerprint density at radius 1 is 0.875 bits per heavy atom. The molecule has 0 spiro atoms. The first-order chi connectivity index (χ1) is 3.91. The molecule has 0 aromatic carbocycles. The number of unbranched alkanes of at least 4 members (excludes halogenated alkanes) is 1. The van der Waals surface area contributed by atoms with Crippen molar-refractivity contribution in [3.63, 3.8) is 0 Å². The molecule has 0 bridgehead atoms. The third-order valence-electron chi connectivity index (χ3n) is 0.566. The van der Waals surface area contributed by atoms with Gasteiger partial charge in [0.2, 0.25) is 0 Å². The van der Waals surface area contributed by atoms with Crippen LogP contribution < -0.4 is 0 Å². The Balaban J connectivity index is 0. The Morgan fingerprint density at radius 2 is 1.12 bits per heavy atom. The van der Waals surface area contributed by atoms with Gasteiger partial charge in [-0.1, -0.05) is 0 Å². The summed E-state index contributed by atoms with van der Waals surface area (Å²) in [4.78, 5) is 7.14. The molecule has 0 aromatic rings. The van der Waals surface area contributed by atoms with E-state index in [4.69, 9.17) is 15.0 Å². The van der Waals surface area contributed by atoms with Crippen molar-refractivity contribution in [2.75, 3.05) is 13.2 Å². The van der Waals surface area contributed by atoms with Crippen LogP contribution in [0.1, 0.15) is 12.8 Å². The summed E-state index contributed by atoms with van der Waals surface area (Å²) < 4.78 is 0. The highest BCUT2D eigenvalue weighted by molar-refractivity contribution is 5.95. The van der Waals surface area contributed by atoms with E-state index in [1.165, 1.54) is 0 Å². The number of aliphatic hydroxyl groups excluding tert-OH is 2. The van der Waals surface area contributed by atoms with Crippen molar-refractivity contribution in [2.45, 2.75) is 12.8 Å². The van der Waals surface area contributed by atoms with Crippen molar-refractivity contribution >= 4 is 10.5 Å². The average Bonchev–Trinajstić information content (AvgIpc) is 1.88. The molecule has 0 aromatic heterocycles. The Kier molecular flexibility index (Phi) is 21.6. The molecule has 0 aliphatic rings. The van der Waals surface area contributed by atoms with Crippen LogP contribution in [-0.4, -0.2) is 38.7 Å². The smallest absolute Gasteiger partial charge is 0.141 e. The lowest BCUT2D eigenvalue weighted by Gasteiger charge is -1.85. The van der Waals surface area contributed by atoms with Crippen molar-refractivity contribution in [3.05, 3.63) is 0 Å². The molecule has 3 nitrogen and oxygen atoms in total. The fourth-order valence-corrected chi connectivity index (χ4v) is 0.224. The average molecular weight is 138 g/mol. The van der Waals surface area contributed by atoms with Crippen molar-refractivity contribution in [3.8, 4) is 0 Å². The van der Waals surface area contributed by atoms with Gasteiger partial charge in [0.15, 0.2) is 0 Å². The molecule has 0 rings (SSSR count). The van der Waals surface area contributed by atoms with E-state index in [0.717, 1.165) is 12.8 Å². The van der Waals surface area contributed by atoms with Gasteiger partial charge in [0.25, 0.3) is 0 Å². The van der Waals surface area contributed by atoms with E-state index in [1.54, 1.807) is 0 Å². The van der Waals surface area contributed by atoms with Gasteiger partial charge in [-0.2, -0.15) is 0 Å². The number of hydrogen-bond donors (Lipinski definition) is 3. The molecule has 0 fully saturated rings. The lowest BCUT2D eigenvalue weighted by Crippen LogP contribution is -1.85. The predicted molar refractivity (Wildman–Crippen MR) is 35.6 cm³/mol. The van der Waals surface area contributed by atoms with E-state index < -0.39 is 0 Å². The zero-order valence-electron chi connectivity index (χ0n) is 5.17. The second kappa shape index (κ2) is 15.7. The monoisotopic (exact) mass is 138 g/mol. The first-order valence-corrected chi connectivity index (χ1v) is 3.47. The van der Waals surface area contributed by atoms with Gasteiger partial charge in [-0.25, -0.2) is 0 Å². The summed E-state index contributed by atoms with van der Waals surface area (Å²) in [6, 6.07) is 0. The number of rotatable bonds is 3. The molecular formula is C4H14O3Si. The Labute approximate surface area is 52.5 Å². The second-order valence-corrected chi connectivity index (χ2v) is 1.15. The van der Waals surface area contributed by atoms with Crippen molar-refractivity contribution in [2.24, 2.45) is 0 Å². The first-order valence-electron chi connectivity index (χ1n) is 2.58. The summed E-state index contributed by atoms with van der Waals surface area (Å²) in [5.74, 6) is 0. The van der Waals surface area contributed by atoms with Gasteiger partial charge in [0.1, 0.15) is 10.5 Å². The Morgan fingerprint density at radius 3 is 1.25 bits per heavy atom. The molecule has 0 saturated carbocycles. The summed E-state index contributed by atoms with van der Waals surface area (Å²) in [6.07, 6.45) is 1.44. The van der Waals surface area contributed by atoms with Gasteiger partial charge in [0.05, 0.1) is 0 Å². The van der Waals surface area contributed by atoms with Crippen molar-refractivity contribution < 1.29 is 15.0 Å². The predicted octanol–water partition coefficient (Wildman–Crippen LogP) is -1.99. The van der Waals surface area contributed by atoms with Crippen LogP contribution in [0.3, 0.4) is 0 Å². The molecule has 0 unspecified atom stereocenters. The minimum Gasteiger partial charge on any atom is -0.442 e. The maximum Gasteiger partial charge on any atom is 0.141 e. The second-order valence-electron chi connectivity index (χ2n) is 1.15. The van der Waals surface area contributed by atoms with E-state index >= 15 is 0 Å². The van der Waals surface area contributed by atoms with Gasteiger partial charge < -0.3 is 15.0 Å². The van der Waals surface area contributed by atoms with Gasteiger partial charge in [0, 0.05) is 13.2 Å². The Bertz CT molecular complexity index is 23.2. The Hall–Kier alpha value is 0.0969. The summed E-state index contributed by atoms with van der Waals surface area (Å²) in [5, 5.41) is 16.2. The van der Waals surface area contributed by atoms with Crippen molar-refractivity contribution in [1.29, 1.82) is 0 Å². The first kappa shape index (κ1) is 11.0. The summed E-state index contributed by atoms with van der Waals surface area (Å²) in [5.41, 5.74) is 0. The van der Waals surface area contributed by atoms with E-state index in [-0.39, 0.29) is 13.2 Å². The topological polar surface area (TPSA) is 60.7 Å². The maximum atomic E-state index is 8.09. The molecule has 0 radical (unpaired) electrons. The van der Waals surface area contributed by atoms with Gasteiger partial charge in [-0.05, 0) is 12.8 Å². The zero-order valence-corrected chi connectivity index (χ0v) is 7.17.